The van der Waals surface area contributed by atoms with E-state index in [2.05, 4.69) is 46.8 Å². The first kappa shape index (κ1) is 17.9. The zero-order valence-corrected chi connectivity index (χ0v) is 16.0. The predicted octanol–water partition coefficient (Wildman–Crippen LogP) is 6.40. The van der Waals surface area contributed by atoms with Gasteiger partial charge in [-0.3, -0.25) is 0 Å². The lowest BCUT2D eigenvalue weighted by atomic mass is 9.98. The van der Waals surface area contributed by atoms with Gasteiger partial charge in [-0.1, -0.05) is 23.8 Å². The van der Waals surface area contributed by atoms with Crippen molar-refractivity contribution in [3.8, 4) is 23.0 Å². The molecule has 0 bridgehead atoms. The smallest absolute Gasteiger partial charge is 0.134 e. The molecule has 0 unspecified atom stereocenters. The molecule has 0 saturated heterocycles. The van der Waals surface area contributed by atoms with E-state index in [1.807, 2.05) is 36.4 Å². The lowest BCUT2D eigenvalue weighted by Crippen LogP contribution is -2.01. The first-order valence-corrected chi connectivity index (χ1v) is 8.75. The van der Waals surface area contributed by atoms with E-state index in [-0.39, 0.29) is 0 Å². The first-order chi connectivity index (χ1) is 12.4. The highest BCUT2D eigenvalue weighted by Gasteiger charge is 2.18. The van der Waals surface area contributed by atoms with Crippen molar-refractivity contribution in [3.63, 3.8) is 0 Å². The van der Waals surface area contributed by atoms with Crippen molar-refractivity contribution in [1.82, 2.24) is 0 Å². The average molecular weight is 347 g/mol. The second-order valence-electron chi connectivity index (χ2n) is 6.75. The number of rotatable bonds is 4. The van der Waals surface area contributed by atoms with Gasteiger partial charge in [0.05, 0.1) is 0 Å². The van der Waals surface area contributed by atoms with Gasteiger partial charge in [-0.15, -0.1) is 0 Å². The van der Waals surface area contributed by atoms with Crippen molar-refractivity contribution in [2.24, 2.45) is 0 Å². The number of benzene rings is 3. The molecule has 0 amide bonds. The molecule has 134 valence electrons. The van der Waals surface area contributed by atoms with Gasteiger partial charge in [0.2, 0.25) is 0 Å². The molecule has 3 nitrogen and oxygen atoms in total. The lowest BCUT2D eigenvalue weighted by Gasteiger charge is -2.21. The Labute approximate surface area is 155 Å². The summed E-state index contributed by atoms with van der Waals surface area (Å²) in [7, 11) is 0. The van der Waals surface area contributed by atoms with Gasteiger partial charge in [-0.25, -0.2) is 0 Å². The van der Waals surface area contributed by atoms with Crippen LogP contribution in [0.25, 0.3) is 0 Å². The molecule has 0 aliphatic rings. The molecule has 3 aromatic carbocycles. The van der Waals surface area contributed by atoms with E-state index in [1.165, 1.54) is 5.56 Å². The molecular formula is C23H25NO2. The van der Waals surface area contributed by atoms with Crippen LogP contribution >= 0.6 is 0 Å². The van der Waals surface area contributed by atoms with Crippen LogP contribution in [0.15, 0.2) is 48.5 Å². The minimum absolute atomic E-state index is 0.686. The number of nitrogens with two attached hydrogens (primary N) is 1. The summed E-state index contributed by atoms with van der Waals surface area (Å²) < 4.78 is 12.4. The zero-order valence-electron chi connectivity index (χ0n) is 16.0. The minimum atomic E-state index is 0.686. The second-order valence-corrected chi connectivity index (χ2v) is 6.75. The number of ether oxygens (including phenoxy) is 2. The third kappa shape index (κ3) is 3.52. The van der Waals surface area contributed by atoms with Gasteiger partial charge >= 0.3 is 0 Å². The maximum atomic E-state index is 6.21. The van der Waals surface area contributed by atoms with Crippen molar-refractivity contribution in [1.29, 1.82) is 0 Å². The lowest BCUT2D eigenvalue weighted by molar-refractivity contribution is 0.456. The van der Waals surface area contributed by atoms with Gasteiger partial charge in [0.25, 0.3) is 0 Å². The summed E-state index contributed by atoms with van der Waals surface area (Å²) in [5.74, 6) is 3.33. The van der Waals surface area contributed by atoms with E-state index < -0.39 is 0 Å². The Morgan fingerprint density at radius 1 is 0.615 bits per heavy atom. The summed E-state index contributed by atoms with van der Waals surface area (Å²) in [6.07, 6.45) is 0. The molecule has 0 aromatic heterocycles. The molecule has 0 spiro atoms. The summed E-state index contributed by atoms with van der Waals surface area (Å²) >= 11 is 0. The van der Waals surface area contributed by atoms with Crippen molar-refractivity contribution >= 4 is 5.69 Å². The van der Waals surface area contributed by atoms with Crippen LogP contribution in [0.5, 0.6) is 23.0 Å². The summed E-state index contributed by atoms with van der Waals surface area (Å²) in [6, 6.07) is 15.6. The fraction of sp³-hybridized carbons (Fsp3) is 0.217. The monoisotopic (exact) mass is 347 g/mol. The number of nitrogen functional groups attached to an aromatic ring is 1. The molecule has 0 atom stereocenters. The standard InChI is InChI=1S/C23H25NO2/c1-14-9-11-20(12-10-14)25-22-15(2)17(4)23(18(5)16(22)3)26-21-8-6-7-19(24)13-21/h6-13H,24H2,1-5H3. The molecule has 3 heteroatoms. The molecule has 0 heterocycles. The molecule has 0 fully saturated rings. The number of aryl methyl sites for hydroxylation is 1. The van der Waals surface area contributed by atoms with Crippen molar-refractivity contribution in [3.05, 3.63) is 76.3 Å². The highest BCUT2D eigenvalue weighted by atomic mass is 16.5. The molecule has 3 rings (SSSR count). The van der Waals surface area contributed by atoms with Gasteiger partial charge in [-0.05, 0) is 81.1 Å². The molecule has 26 heavy (non-hydrogen) atoms. The predicted molar refractivity (Wildman–Crippen MR) is 108 cm³/mol. The Morgan fingerprint density at radius 2 is 1.12 bits per heavy atom. The van der Waals surface area contributed by atoms with E-state index >= 15 is 0 Å². The van der Waals surface area contributed by atoms with Crippen LogP contribution in [-0.4, -0.2) is 0 Å². The van der Waals surface area contributed by atoms with Crippen molar-refractivity contribution < 1.29 is 9.47 Å². The van der Waals surface area contributed by atoms with Crippen molar-refractivity contribution in [2.45, 2.75) is 34.6 Å². The maximum absolute atomic E-state index is 6.21. The fourth-order valence-corrected chi connectivity index (χ4v) is 2.97. The molecule has 2 N–H and O–H groups in total. The third-order valence-corrected chi connectivity index (χ3v) is 4.81. The highest BCUT2D eigenvalue weighted by molar-refractivity contribution is 5.59. The van der Waals surface area contributed by atoms with E-state index in [9.17, 15) is 0 Å². The van der Waals surface area contributed by atoms with Gasteiger partial charge in [0, 0.05) is 11.8 Å². The van der Waals surface area contributed by atoms with Crippen LogP contribution in [0.3, 0.4) is 0 Å². The van der Waals surface area contributed by atoms with Gasteiger partial charge in [-0.2, -0.15) is 0 Å². The van der Waals surface area contributed by atoms with Crippen LogP contribution < -0.4 is 15.2 Å². The molecule has 0 saturated carbocycles. The van der Waals surface area contributed by atoms with E-state index in [4.69, 9.17) is 15.2 Å². The van der Waals surface area contributed by atoms with Crippen LogP contribution in [-0.2, 0) is 0 Å². The van der Waals surface area contributed by atoms with Crippen molar-refractivity contribution in [2.75, 3.05) is 5.73 Å². The Kier molecular flexibility index (Phi) is 4.90. The second kappa shape index (κ2) is 7.12. The van der Waals surface area contributed by atoms with Crippen LogP contribution in [0.1, 0.15) is 27.8 Å². The quantitative estimate of drug-likeness (QED) is 0.556. The first-order valence-electron chi connectivity index (χ1n) is 8.75. The Hall–Kier alpha value is -2.94. The summed E-state index contributed by atoms with van der Waals surface area (Å²) in [4.78, 5) is 0. The number of hydrogen-bond acceptors (Lipinski definition) is 3. The minimum Gasteiger partial charge on any atom is -0.457 e. The summed E-state index contributed by atoms with van der Waals surface area (Å²) in [5, 5.41) is 0. The highest BCUT2D eigenvalue weighted by Crippen LogP contribution is 2.41. The van der Waals surface area contributed by atoms with Gasteiger partial charge in [0.1, 0.15) is 23.0 Å². The fourth-order valence-electron chi connectivity index (χ4n) is 2.97. The summed E-state index contributed by atoms with van der Waals surface area (Å²) in [6.45, 7) is 10.3. The molecular weight excluding hydrogens is 322 g/mol. The zero-order chi connectivity index (χ0) is 18.8. The Morgan fingerprint density at radius 3 is 1.62 bits per heavy atom. The molecule has 0 aliphatic carbocycles. The largest absolute Gasteiger partial charge is 0.457 e. The van der Waals surface area contributed by atoms with Gasteiger partial charge in [0.15, 0.2) is 0 Å². The topological polar surface area (TPSA) is 44.5 Å². The third-order valence-electron chi connectivity index (χ3n) is 4.81. The van der Waals surface area contributed by atoms with Gasteiger partial charge < -0.3 is 15.2 Å². The van der Waals surface area contributed by atoms with Crippen LogP contribution in [0.2, 0.25) is 0 Å². The number of hydrogen-bond donors (Lipinski definition) is 1. The van der Waals surface area contributed by atoms with Crippen LogP contribution in [0, 0.1) is 34.6 Å². The van der Waals surface area contributed by atoms with E-state index in [1.54, 1.807) is 0 Å². The Balaban J connectivity index is 2.00. The van der Waals surface area contributed by atoms with Crippen LogP contribution in [0.4, 0.5) is 5.69 Å². The molecule has 3 aromatic rings. The normalized spacial score (nSPS) is 10.7. The average Bonchev–Trinajstić information content (AvgIpc) is 2.62. The van der Waals surface area contributed by atoms with E-state index in [0.29, 0.717) is 5.69 Å². The summed E-state index contributed by atoms with van der Waals surface area (Å²) in [5.41, 5.74) is 12.1. The maximum Gasteiger partial charge on any atom is 0.134 e. The molecule has 0 aliphatic heterocycles. The molecule has 0 radical (unpaired) electrons. The number of anilines is 1. The van der Waals surface area contributed by atoms with E-state index in [0.717, 1.165) is 45.3 Å². The Bertz CT molecular complexity index is 914. The SMILES string of the molecule is Cc1ccc(Oc2c(C)c(C)c(Oc3cccc(N)c3)c(C)c2C)cc1.